The van der Waals surface area contributed by atoms with Crippen LogP contribution in [0.3, 0.4) is 0 Å². The fourth-order valence-electron chi connectivity index (χ4n) is 2.97. The van der Waals surface area contributed by atoms with Gasteiger partial charge in [-0.05, 0) is 12.5 Å². The summed E-state index contributed by atoms with van der Waals surface area (Å²) in [6, 6.07) is 11.9. The Morgan fingerprint density at radius 2 is 1.90 bits per heavy atom. The third-order valence-electron chi connectivity index (χ3n) is 4.03. The summed E-state index contributed by atoms with van der Waals surface area (Å²) in [6.45, 7) is 4.03. The van der Waals surface area contributed by atoms with Gasteiger partial charge in [0.2, 0.25) is 0 Å². The maximum atomic E-state index is 10.2. The predicted molar refractivity (Wildman–Crippen MR) is 77.6 cm³/mol. The molecule has 0 bridgehead atoms. The summed E-state index contributed by atoms with van der Waals surface area (Å²) in [4.78, 5) is 0. The number of fused-ring (bicyclic) bond motifs is 1. The van der Waals surface area contributed by atoms with E-state index in [1.165, 1.54) is 0 Å². The number of phenols is 1. The van der Waals surface area contributed by atoms with Crippen LogP contribution in [0.15, 0.2) is 36.4 Å². The topological polar surface area (TPSA) is 38.7 Å². The molecule has 3 rings (SSSR count). The van der Waals surface area contributed by atoms with E-state index in [2.05, 4.69) is 19.1 Å². The Morgan fingerprint density at radius 3 is 2.55 bits per heavy atom. The van der Waals surface area contributed by atoms with Gasteiger partial charge in [0.15, 0.2) is 11.5 Å². The smallest absolute Gasteiger partial charge is 0.164 e. The van der Waals surface area contributed by atoms with Crippen molar-refractivity contribution in [2.75, 3.05) is 7.11 Å². The van der Waals surface area contributed by atoms with E-state index in [9.17, 15) is 5.11 Å². The molecule has 2 aromatic carbocycles. The molecule has 0 amide bonds. The summed E-state index contributed by atoms with van der Waals surface area (Å²) < 4.78 is 11.3. The molecule has 0 unspecified atom stereocenters. The maximum absolute atomic E-state index is 10.2. The van der Waals surface area contributed by atoms with Crippen molar-refractivity contribution in [2.45, 2.75) is 25.9 Å². The number of aromatic hydroxyl groups is 1. The average molecular weight is 270 g/mol. The van der Waals surface area contributed by atoms with E-state index in [0.29, 0.717) is 5.75 Å². The molecule has 0 aliphatic carbocycles. The van der Waals surface area contributed by atoms with Crippen LogP contribution < -0.4 is 9.47 Å². The van der Waals surface area contributed by atoms with Crippen molar-refractivity contribution in [3.05, 3.63) is 53.1 Å². The summed E-state index contributed by atoms with van der Waals surface area (Å²) in [6.07, 6.45) is -0.0172. The third-order valence-corrected chi connectivity index (χ3v) is 4.03. The highest BCUT2D eigenvalue weighted by atomic mass is 16.5. The highest BCUT2D eigenvalue weighted by Crippen LogP contribution is 2.51. The SMILES string of the molecule is COc1cc2c(c(C)c1O)[C@@H](C)[C@H](c1ccccc1)O2. The zero-order valence-corrected chi connectivity index (χ0v) is 11.9. The molecule has 0 aromatic heterocycles. The van der Waals surface area contributed by atoms with Crippen LogP contribution in [0.5, 0.6) is 17.2 Å². The van der Waals surface area contributed by atoms with Gasteiger partial charge in [-0.2, -0.15) is 0 Å². The lowest BCUT2D eigenvalue weighted by molar-refractivity contribution is 0.215. The Hall–Kier alpha value is -2.16. The van der Waals surface area contributed by atoms with Gasteiger partial charge in [-0.3, -0.25) is 0 Å². The van der Waals surface area contributed by atoms with E-state index in [-0.39, 0.29) is 17.8 Å². The number of ether oxygens (including phenoxy) is 2. The van der Waals surface area contributed by atoms with Gasteiger partial charge in [-0.1, -0.05) is 37.3 Å². The molecule has 1 aliphatic rings. The highest BCUT2D eigenvalue weighted by Gasteiger charge is 2.35. The van der Waals surface area contributed by atoms with Crippen molar-refractivity contribution in [3.63, 3.8) is 0 Å². The molecular formula is C17H18O3. The summed E-state index contributed by atoms with van der Waals surface area (Å²) in [5.74, 6) is 1.67. The van der Waals surface area contributed by atoms with E-state index in [0.717, 1.165) is 22.4 Å². The van der Waals surface area contributed by atoms with Crippen molar-refractivity contribution in [1.29, 1.82) is 0 Å². The fraction of sp³-hybridized carbons (Fsp3) is 0.294. The molecule has 0 spiro atoms. The second-order valence-electron chi connectivity index (χ2n) is 5.20. The van der Waals surface area contributed by atoms with Crippen molar-refractivity contribution >= 4 is 0 Å². The number of rotatable bonds is 2. The van der Waals surface area contributed by atoms with E-state index in [1.807, 2.05) is 25.1 Å². The second kappa shape index (κ2) is 4.75. The van der Waals surface area contributed by atoms with Gasteiger partial charge in [0.1, 0.15) is 11.9 Å². The van der Waals surface area contributed by atoms with Crippen molar-refractivity contribution < 1.29 is 14.6 Å². The van der Waals surface area contributed by atoms with E-state index < -0.39 is 0 Å². The Morgan fingerprint density at radius 1 is 1.20 bits per heavy atom. The maximum Gasteiger partial charge on any atom is 0.164 e. The van der Waals surface area contributed by atoms with Gasteiger partial charge in [-0.25, -0.2) is 0 Å². The van der Waals surface area contributed by atoms with Crippen LogP contribution in [-0.2, 0) is 0 Å². The molecule has 2 aromatic rings. The fourth-order valence-corrected chi connectivity index (χ4v) is 2.97. The molecule has 1 heterocycles. The molecule has 104 valence electrons. The Bertz CT molecular complexity index is 634. The van der Waals surface area contributed by atoms with Crippen LogP contribution in [0, 0.1) is 6.92 Å². The number of phenolic OH excluding ortho intramolecular Hbond substituents is 1. The summed E-state index contributed by atoms with van der Waals surface area (Å²) in [7, 11) is 1.55. The molecule has 2 atom stereocenters. The Kier molecular flexibility index (Phi) is 3.05. The largest absolute Gasteiger partial charge is 0.504 e. The minimum absolute atomic E-state index is 0.0172. The molecule has 0 saturated heterocycles. The zero-order chi connectivity index (χ0) is 14.3. The molecule has 20 heavy (non-hydrogen) atoms. The van der Waals surface area contributed by atoms with E-state index in [1.54, 1.807) is 13.2 Å². The molecule has 0 saturated carbocycles. The lowest BCUT2D eigenvalue weighted by atomic mass is 9.90. The standard InChI is InChI=1S/C17H18O3/c1-10-15-11(2)17(12-7-5-4-6-8-12)20-13(15)9-14(19-3)16(10)18/h4-9,11,17-18H,1-3H3/t11-,17-/m1/s1. The van der Waals surface area contributed by atoms with Crippen LogP contribution in [0.25, 0.3) is 0 Å². The van der Waals surface area contributed by atoms with Crippen molar-refractivity contribution in [1.82, 2.24) is 0 Å². The lowest BCUT2D eigenvalue weighted by Crippen LogP contribution is -2.07. The first-order chi connectivity index (χ1) is 9.63. The number of hydrogen-bond acceptors (Lipinski definition) is 3. The van der Waals surface area contributed by atoms with Gasteiger partial charge in [-0.15, -0.1) is 0 Å². The Balaban J connectivity index is 2.07. The first-order valence-corrected chi connectivity index (χ1v) is 6.75. The molecule has 1 N–H and O–H groups in total. The normalized spacial score (nSPS) is 20.4. The molecule has 0 radical (unpaired) electrons. The van der Waals surface area contributed by atoms with Gasteiger partial charge in [0, 0.05) is 23.1 Å². The van der Waals surface area contributed by atoms with Crippen LogP contribution in [0.1, 0.15) is 35.6 Å². The molecular weight excluding hydrogens is 252 g/mol. The average Bonchev–Trinajstić information content (AvgIpc) is 2.81. The van der Waals surface area contributed by atoms with Crippen LogP contribution in [0.2, 0.25) is 0 Å². The minimum atomic E-state index is -0.0172. The quantitative estimate of drug-likeness (QED) is 0.898. The first kappa shape index (κ1) is 12.9. The first-order valence-electron chi connectivity index (χ1n) is 6.75. The monoisotopic (exact) mass is 270 g/mol. The predicted octanol–water partition coefficient (Wildman–Crippen LogP) is 3.95. The van der Waals surface area contributed by atoms with Crippen LogP contribution in [-0.4, -0.2) is 12.2 Å². The van der Waals surface area contributed by atoms with Crippen LogP contribution >= 0.6 is 0 Å². The lowest BCUT2D eigenvalue weighted by Gasteiger charge is -2.16. The molecule has 0 fully saturated rings. The Labute approximate surface area is 118 Å². The molecule has 3 heteroatoms. The zero-order valence-electron chi connectivity index (χ0n) is 11.9. The second-order valence-corrected chi connectivity index (χ2v) is 5.20. The van der Waals surface area contributed by atoms with Gasteiger partial charge in [0.25, 0.3) is 0 Å². The number of methoxy groups -OCH3 is 1. The summed E-state index contributed by atoms with van der Waals surface area (Å²) in [5, 5.41) is 10.2. The van der Waals surface area contributed by atoms with Gasteiger partial charge >= 0.3 is 0 Å². The minimum Gasteiger partial charge on any atom is -0.504 e. The van der Waals surface area contributed by atoms with Crippen molar-refractivity contribution in [2.24, 2.45) is 0 Å². The van der Waals surface area contributed by atoms with Gasteiger partial charge in [0.05, 0.1) is 7.11 Å². The summed E-state index contributed by atoms with van der Waals surface area (Å²) in [5.41, 5.74) is 3.05. The van der Waals surface area contributed by atoms with E-state index >= 15 is 0 Å². The molecule has 1 aliphatic heterocycles. The molecule has 3 nitrogen and oxygen atoms in total. The van der Waals surface area contributed by atoms with E-state index in [4.69, 9.17) is 9.47 Å². The highest BCUT2D eigenvalue weighted by molar-refractivity contribution is 5.59. The van der Waals surface area contributed by atoms with Crippen LogP contribution in [0.4, 0.5) is 0 Å². The summed E-state index contributed by atoms with van der Waals surface area (Å²) >= 11 is 0. The third kappa shape index (κ3) is 1.82. The number of hydrogen-bond donors (Lipinski definition) is 1. The van der Waals surface area contributed by atoms with Crippen molar-refractivity contribution in [3.8, 4) is 17.2 Å². The number of benzene rings is 2. The van der Waals surface area contributed by atoms with Gasteiger partial charge < -0.3 is 14.6 Å².